The third-order valence-electron chi connectivity index (χ3n) is 5.85. The van der Waals surface area contributed by atoms with E-state index in [1.165, 1.54) is 29.2 Å². The average molecular weight is 425 g/mol. The van der Waals surface area contributed by atoms with Crippen molar-refractivity contribution in [3.8, 4) is 0 Å². The predicted octanol–water partition coefficient (Wildman–Crippen LogP) is 3.20. The lowest BCUT2D eigenvalue weighted by Gasteiger charge is -2.38. The molecule has 0 radical (unpaired) electrons. The molecule has 0 saturated carbocycles. The summed E-state index contributed by atoms with van der Waals surface area (Å²) in [5.74, 6) is -2.76. The molecule has 3 heterocycles. The summed E-state index contributed by atoms with van der Waals surface area (Å²) in [7, 11) is 0. The molecule has 2 aliphatic rings. The normalized spacial score (nSPS) is 21.4. The van der Waals surface area contributed by atoms with Crippen molar-refractivity contribution in [2.45, 2.75) is 38.1 Å². The number of hydrogen-bond acceptors (Lipinski definition) is 5. The van der Waals surface area contributed by atoms with Gasteiger partial charge in [0.25, 0.3) is 0 Å². The summed E-state index contributed by atoms with van der Waals surface area (Å²) in [4.78, 5) is 15.9. The second-order valence-corrected chi connectivity index (χ2v) is 7.97. The topological polar surface area (TPSA) is 88.7 Å². The van der Waals surface area contributed by atoms with Gasteiger partial charge in [-0.05, 0) is 48.7 Å². The Morgan fingerprint density at radius 1 is 1.27 bits per heavy atom. The van der Waals surface area contributed by atoms with Crippen molar-refractivity contribution in [1.82, 2.24) is 9.88 Å². The predicted molar refractivity (Wildman–Crippen MR) is 106 cm³/mol. The van der Waals surface area contributed by atoms with E-state index < -0.39 is 12.1 Å². The molecular weight excluding hydrogens is 399 g/mol. The molecule has 9 heteroatoms. The van der Waals surface area contributed by atoms with Gasteiger partial charge in [-0.15, -0.1) is 0 Å². The molecule has 0 bridgehead atoms. The molecule has 1 aromatic carbocycles. The molecule has 2 saturated heterocycles. The Bertz CT molecular complexity index is 862. The summed E-state index contributed by atoms with van der Waals surface area (Å²) in [5, 5.41) is 9.68. The molecule has 4 rings (SSSR count). The van der Waals surface area contributed by atoms with Crippen LogP contribution >= 0.6 is 0 Å². The number of nitrogens with zero attached hydrogens (tertiary/aromatic N) is 2. The van der Waals surface area contributed by atoms with Gasteiger partial charge in [-0.1, -0.05) is 24.3 Å². The fraction of sp³-hybridized carbons (Fsp3) is 0.524. The number of nitrogens with two attached hydrogens (primary N) is 1. The standard InChI is InChI=1S/C19H25N3O.C2HF3O2/c20-10-17-9-19(14-23-17)5-7-22(8-6-19)13-16-12-21-11-15-3-1-2-4-18(15)16;3-2(4,5)1(6)7/h1-4,11-12,17H,5-10,13-14,20H2;(H,6,7). The number of ether oxygens (including phenoxy) is 1. The molecule has 2 aliphatic heterocycles. The zero-order valence-electron chi connectivity index (χ0n) is 16.6. The van der Waals surface area contributed by atoms with E-state index in [9.17, 15) is 13.2 Å². The lowest BCUT2D eigenvalue weighted by Crippen LogP contribution is -2.40. The lowest BCUT2D eigenvalue weighted by molar-refractivity contribution is -0.192. The highest BCUT2D eigenvalue weighted by Crippen LogP contribution is 2.42. The summed E-state index contributed by atoms with van der Waals surface area (Å²) in [6.45, 7) is 4.84. The Morgan fingerprint density at radius 3 is 2.53 bits per heavy atom. The quantitative estimate of drug-likeness (QED) is 0.785. The van der Waals surface area contributed by atoms with Gasteiger partial charge in [-0.2, -0.15) is 13.2 Å². The van der Waals surface area contributed by atoms with Crippen LogP contribution in [0.2, 0.25) is 0 Å². The second kappa shape index (κ2) is 9.28. The highest BCUT2D eigenvalue weighted by Gasteiger charge is 2.41. The van der Waals surface area contributed by atoms with Gasteiger partial charge in [-0.3, -0.25) is 9.88 Å². The molecule has 1 atom stereocenters. The van der Waals surface area contributed by atoms with Crippen LogP contribution in [0.3, 0.4) is 0 Å². The SMILES string of the molecule is NCC1CC2(CCN(Cc3cncc4ccccc34)CC2)CO1.O=C(O)C(F)(F)F. The second-order valence-electron chi connectivity index (χ2n) is 7.97. The van der Waals surface area contributed by atoms with Gasteiger partial charge in [0.1, 0.15) is 0 Å². The summed E-state index contributed by atoms with van der Waals surface area (Å²) >= 11 is 0. The maximum absolute atomic E-state index is 10.6. The minimum absolute atomic E-state index is 0.281. The van der Waals surface area contributed by atoms with Gasteiger partial charge in [-0.25, -0.2) is 4.79 Å². The van der Waals surface area contributed by atoms with Crippen LogP contribution in [0.4, 0.5) is 13.2 Å². The summed E-state index contributed by atoms with van der Waals surface area (Å²) in [6, 6.07) is 8.53. The van der Waals surface area contributed by atoms with Gasteiger partial charge in [0.2, 0.25) is 0 Å². The minimum atomic E-state index is -5.08. The van der Waals surface area contributed by atoms with Crippen LogP contribution < -0.4 is 5.73 Å². The van der Waals surface area contributed by atoms with Crippen LogP contribution in [0.5, 0.6) is 0 Å². The fourth-order valence-electron chi connectivity index (χ4n) is 4.13. The number of benzene rings is 1. The number of fused-ring (bicyclic) bond motifs is 1. The first kappa shape index (κ1) is 22.5. The largest absolute Gasteiger partial charge is 0.490 e. The van der Waals surface area contributed by atoms with E-state index in [1.54, 1.807) is 0 Å². The maximum Gasteiger partial charge on any atom is 0.490 e. The number of aliphatic carboxylic acids is 1. The van der Waals surface area contributed by atoms with Crippen LogP contribution in [0.15, 0.2) is 36.7 Å². The molecule has 3 N–H and O–H groups in total. The van der Waals surface area contributed by atoms with E-state index in [0.717, 1.165) is 32.7 Å². The highest BCUT2D eigenvalue weighted by atomic mass is 19.4. The number of piperidine rings is 1. The zero-order valence-corrected chi connectivity index (χ0v) is 16.6. The van der Waals surface area contributed by atoms with Gasteiger partial charge < -0.3 is 15.6 Å². The number of rotatable bonds is 3. The first-order valence-corrected chi connectivity index (χ1v) is 9.88. The fourth-order valence-corrected chi connectivity index (χ4v) is 4.13. The van der Waals surface area contributed by atoms with Crippen molar-refractivity contribution in [3.63, 3.8) is 0 Å². The summed E-state index contributed by atoms with van der Waals surface area (Å²) in [5.41, 5.74) is 7.48. The van der Waals surface area contributed by atoms with E-state index in [-0.39, 0.29) is 6.10 Å². The molecule has 1 aromatic heterocycles. The number of alkyl halides is 3. The van der Waals surface area contributed by atoms with E-state index >= 15 is 0 Å². The minimum Gasteiger partial charge on any atom is -0.475 e. The Hall–Kier alpha value is -2.23. The molecule has 0 amide bonds. The zero-order chi connectivity index (χ0) is 21.8. The number of carboxylic acids is 1. The average Bonchev–Trinajstić information content (AvgIpc) is 3.13. The molecule has 0 aliphatic carbocycles. The molecule has 2 aromatic rings. The first-order chi connectivity index (χ1) is 14.2. The van der Waals surface area contributed by atoms with Crippen LogP contribution in [-0.4, -0.2) is 59.5 Å². The number of carboxylic acid groups (broad SMARTS) is 1. The van der Waals surface area contributed by atoms with Crippen molar-refractivity contribution in [3.05, 3.63) is 42.2 Å². The van der Waals surface area contributed by atoms with Crippen LogP contribution in [0, 0.1) is 5.41 Å². The van der Waals surface area contributed by atoms with Gasteiger partial charge in [0, 0.05) is 30.9 Å². The molecule has 1 spiro atoms. The molecule has 1 unspecified atom stereocenters. The van der Waals surface area contributed by atoms with E-state index in [2.05, 4.69) is 34.1 Å². The van der Waals surface area contributed by atoms with Crippen molar-refractivity contribution < 1.29 is 27.8 Å². The Labute approximate surface area is 172 Å². The number of hydrogen-bond donors (Lipinski definition) is 2. The van der Waals surface area contributed by atoms with Crippen molar-refractivity contribution in [2.24, 2.45) is 11.1 Å². The summed E-state index contributed by atoms with van der Waals surface area (Å²) < 4.78 is 37.6. The Balaban J connectivity index is 0.000000318. The number of pyridine rings is 1. The summed E-state index contributed by atoms with van der Waals surface area (Å²) in [6.07, 6.45) is 2.77. The number of likely N-dealkylation sites (tertiary alicyclic amines) is 1. The van der Waals surface area contributed by atoms with E-state index in [1.807, 2.05) is 12.4 Å². The monoisotopic (exact) mass is 425 g/mol. The van der Waals surface area contributed by atoms with Crippen LogP contribution in [-0.2, 0) is 16.1 Å². The lowest BCUT2D eigenvalue weighted by atomic mass is 9.76. The molecule has 164 valence electrons. The first-order valence-electron chi connectivity index (χ1n) is 9.88. The highest BCUT2D eigenvalue weighted by molar-refractivity contribution is 5.84. The Morgan fingerprint density at radius 2 is 1.93 bits per heavy atom. The van der Waals surface area contributed by atoms with E-state index in [0.29, 0.717) is 12.0 Å². The molecule has 6 nitrogen and oxygen atoms in total. The molecular formula is C21H26F3N3O3. The number of halogens is 3. The smallest absolute Gasteiger partial charge is 0.475 e. The maximum atomic E-state index is 10.6. The molecule has 30 heavy (non-hydrogen) atoms. The van der Waals surface area contributed by atoms with E-state index in [4.69, 9.17) is 20.4 Å². The van der Waals surface area contributed by atoms with Crippen molar-refractivity contribution >= 4 is 16.7 Å². The van der Waals surface area contributed by atoms with Crippen molar-refractivity contribution in [2.75, 3.05) is 26.2 Å². The van der Waals surface area contributed by atoms with Gasteiger partial charge in [0.15, 0.2) is 0 Å². The number of aromatic nitrogens is 1. The van der Waals surface area contributed by atoms with Crippen LogP contribution in [0.25, 0.3) is 10.8 Å². The third kappa shape index (κ3) is 5.47. The Kier molecular flexibility index (Phi) is 6.95. The van der Waals surface area contributed by atoms with Crippen molar-refractivity contribution in [1.29, 1.82) is 0 Å². The molecule has 2 fully saturated rings. The van der Waals surface area contributed by atoms with Gasteiger partial charge >= 0.3 is 12.1 Å². The third-order valence-corrected chi connectivity index (χ3v) is 5.85. The van der Waals surface area contributed by atoms with Gasteiger partial charge in [0.05, 0.1) is 12.7 Å². The van der Waals surface area contributed by atoms with Crippen LogP contribution in [0.1, 0.15) is 24.8 Å². The number of carbonyl (C=O) groups is 1.